The van der Waals surface area contributed by atoms with E-state index in [-0.39, 0.29) is 0 Å². The van der Waals surface area contributed by atoms with E-state index in [1.807, 2.05) is 0 Å². The second kappa shape index (κ2) is 9.46. The van der Waals surface area contributed by atoms with Crippen molar-refractivity contribution >= 4 is 16.6 Å². The van der Waals surface area contributed by atoms with Crippen molar-refractivity contribution in [3.8, 4) is 0 Å². The van der Waals surface area contributed by atoms with Gasteiger partial charge >= 0.3 is 0 Å². The zero-order valence-electron chi connectivity index (χ0n) is 19.2. The SMILES string of the molecule is CC(NC1CCCC(c2ccc(C(=N)N3CCCC3)cc2)C1)c1cccc2ccccc12. The summed E-state index contributed by atoms with van der Waals surface area (Å²) in [5, 5.41) is 15.1. The minimum absolute atomic E-state index is 0.341. The first-order valence-electron chi connectivity index (χ1n) is 12.4. The average molecular weight is 426 g/mol. The number of nitrogens with one attached hydrogen (secondary N) is 2. The van der Waals surface area contributed by atoms with E-state index in [2.05, 4.69) is 83.9 Å². The fourth-order valence-electron chi connectivity index (χ4n) is 5.75. The molecule has 3 aromatic carbocycles. The van der Waals surface area contributed by atoms with E-state index >= 15 is 0 Å². The lowest BCUT2D eigenvalue weighted by atomic mass is 9.80. The number of fused-ring (bicyclic) bond motifs is 1. The van der Waals surface area contributed by atoms with Crippen LogP contribution in [0.1, 0.15) is 74.1 Å². The molecule has 2 fully saturated rings. The second-order valence-electron chi connectivity index (χ2n) is 9.68. The molecule has 1 saturated carbocycles. The zero-order valence-corrected chi connectivity index (χ0v) is 19.2. The number of nitrogens with zero attached hydrogens (tertiary/aromatic N) is 1. The Kier molecular flexibility index (Phi) is 6.27. The van der Waals surface area contributed by atoms with Gasteiger partial charge in [0, 0.05) is 30.7 Å². The molecule has 2 aliphatic rings. The topological polar surface area (TPSA) is 39.1 Å². The Morgan fingerprint density at radius 1 is 0.906 bits per heavy atom. The van der Waals surface area contributed by atoms with Gasteiger partial charge in [-0.25, -0.2) is 0 Å². The maximum atomic E-state index is 8.51. The summed E-state index contributed by atoms with van der Waals surface area (Å²) in [5.74, 6) is 1.30. The number of rotatable bonds is 5. The van der Waals surface area contributed by atoms with E-state index in [0.29, 0.717) is 23.8 Å². The van der Waals surface area contributed by atoms with E-state index in [9.17, 15) is 0 Å². The van der Waals surface area contributed by atoms with E-state index in [0.717, 1.165) is 18.7 Å². The molecule has 1 heterocycles. The molecule has 3 aromatic rings. The normalized spacial score (nSPS) is 22.2. The summed E-state index contributed by atoms with van der Waals surface area (Å²) in [7, 11) is 0. The van der Waals surface area contributed by atoms with Crippen molar-refractivity contribution in [3.05, 3.63) is 83.4 Å². The van der Waals surface area contributed by atoms with Crippen LogP contribution in [0.2, 0.25) is 0 Å². The maximum absolute atomic E-state index is 8.51. The van der Waals surface area contributed by atoms with Crippen LogP contribution in [-0.2, 0) is 0 Å². The minimum atomic E-state index is 0.341. The van der Waals surface area contributed by atoms with E-state index in [1.54, 1.807) is 0 Å². The number of hydrogen-bond donors (Lipinski definition) is 2. The van der Waals surface area contributed by atoms with Gasteiger partial charge < -0.3 is 10.2 Å². The number of amidine groups is 1. The molecule has 0 spiro atoms. The van der Waals surface area contributed by atoms with Crippen molar-refractivity contribution in [2.45, 2.75) is 63.5 Å². The van der Waals surface area contributed by atoms with E-state index in [1.165, 1.54) is 60.4 Å². The highest BCUT2D eigenvalue weighted by atomic mass is 15.2. The molecule has 32 heavy (non-hydrogen) atoms. The predicted octanol–water partition coefficient (Wildman–Crippen LogP) is 6.64. The molecule has 0 radical (unpaired) electrons. The van der Waals surface area contributed by atoms with Gasteiger partial charge in [-0.15, -0.1) is 0 Å². The van der Waals surface area contributed by atoms with Crippen LogP contribution in [0.4, 0.5) is 0 Å². The van der Waals surface area contributed by atoms with Crippen LogP contribution < -0.4 is 5.32 Å². The summed E-state index contributed by atoms with van der Waals surface area (Å²) in [6, 6.07) is 25.2. The molecule has 3 atom stereocenters. The fourth-order valence-corrected chi connectivity index (χ4v) is 5.75. The smallest absolute Gasteiger partial charge is 0.128 e. The number of benzene rings is 3. The molecule has 3 heteroatoms. The Morgan fingerprint density at radius 3 is 2.47 bits per heavy atom. The highest BCUT2D eigenvalue weighted by Gasteiger charge is 2.25. The summed E-state index contributed by atoms with van der Waals surface area (Å²) in [6.45, 7) is 4.38. The van der Waals surface area contributed by atoms with Crippen LogP contribution in [0.25, 0.3) is 10.8 Å². The van der Waals surface area contributed by atoms with Gasteiger partial charge in [-0.05, 0) is 66.8 Å². The second-order valence-corrected chi connectivity index (χ2v) is 9.68. The molecule has 0 amide bonds. The van der Waals surface area contributed by atoms with Crippen LogP contribution >= 0.6 is 0 Å². The van der Waals surface area contributed by atoms with Gasteiger partial charge in [-0.1, -0.05) is 73.2 Å². The Balaban J connectivity index is 1.25. The molecule has 3 nitrogen and oxygen atoms in total. The quantitative estimate of drug-likeness (QED) is 0.355. The molecule has 1 aliphatic carbocycles. The first kappa shape index (κ1) is 21.2. The Bertz CT molecular complexity index is 1060. The van der Waals surface area contributed by atoms with Gasteiger partial charge in [-0.2, -0.15) is 0 Å². The van der Waals surface area contributed by atoms with E-state index in [4.69, 9.17) is 5.41 Å². The fraction of sp³-hybridized carbons (Fsp3) is 0.414. The van der Waals surface area contributed by atoms with Gasteiger partial charge in [0.25, 0.3) is 0 Å². The monoisotopic (exact) mass is 425 g/mol. The largest absolute Gasteiger partial charge is 0.357 e. The van der Waals surface area contributed by atoms with Crippen LogP contribution in [0.3, 0.4) is 0 Å². The van der Waals surface area contributed by atoms with E-state index < -0.39 is 0 Å². The third kappa shape index (κ3) is 4.45. The molecular weight excluding hydrogens is 390 g/mol. The Labute approximate surface area is 192 Å². The maximum Gasteiger partial charge on any atom is 0.128 e. The van der Waals surface area contributed by atoms with Crippen molar-refractivity contribution in [2.24, 2.45) is 0 Å². The molecule has 1 saturated heterocycles. The first-order chi connectivity index (χ1) is 15.7. The van der Waals surface area contributed by atoms with Crippen LogP contribution in [0, 0.1) is 5.41 Å². The molecule has 1 aliphatic heterocycles. The van der Waals surface area contributed by atoms with Crippen molar-refractivity contribution in [1.82, 2.24) is 10.2 Å². The molecule has 2 N–H and O–H groups in total. The summed E-state index contributed by atoms with van der Waals surface area (Å²) in [6.07, 6.45) is 7.42. The van der Waals surface area contributed by atoms with Crippen LogP contribution in [-0.4, -0.2) is 29.9 Å². The van der Waals surface area contributed by atoms with Crippen molar-refractivity contribution in [2.75, 3.05) is 13.1 Å². The van der Waals surface area contributed by atoms with Crippen molar-refractivity contribution in [3.63, 3.8) is 0 Å². The van der Waals surface area contributed by atoms with Gasteiger partial charge in [0.2, 0.25) is 0 Å². The van der Waals surface area contributed by atoms with Gasteiger partial charge in [0.15, 0.2) is 0 Å². The zero-order chi connectivity index (χ0) is 21.9. The van der Waals surface area contributed by atoms with Gasteiger partial charge in [0.1, 0.15) is 5.84 Å². The first-order valence-corrected chi connectivity index (χ1v) is 12.4. The van der Waals surface area contributed by atoms with Crippen molar-refractivity contribution in [1.29, 1.82) is 5.41 Å². The Morgan fingerprint density at radius 2 is 1.66 bits per heavy atom. The molecular formula is C29H35N3. The Hall–Kier alpha value is -2.65. The predicted molar refractivity (Wildman–Crippen MR) is 135 cm³/mol. The molecule has 0 bridgehead atoms. The molecule has 5 rings (SSSR count). The average Bonchev–Trinajstić information content (AvgIpc) is 3.38. The number of hydrogen-bond acceptors (Lipinski definition) is 2. The summed E-state index contributed by atoms with van der Waals surface area (Å²) in [4.78, 5) is 2.21. The van der Waals surface area contributed by atoms with Crippen LogP contribution in [0.15, 0.2) is 66.7 Å². The van der Waals surface area contributed by atoms with Crippen molar-refractivity contribution < 1.29 is 0 Å². The summed E-state index contributed by atoms with van der Waals surface area (Å²) >= 11 is 0. The lowest BCUT2D eigenvalue weighted by Crippen LogP contribution is -2.35. The standard InChI is InChI=1S/C29H35N3/c1-21(27-13-7-9-23-8-2-3-12-28(23)27)31-26-11-6-10-25(20-26)22-14-16-24(17-15-22)29(30)32-18-4-5-19-32/h2-3,7-9,12-17,21,25-26,30-31H,4-6,10-11,18-20H2,1H3. The third-order valence-corrected chi connectivity index (χ3v) is 7.53. The number of likely N-dealkylation sites (tertiary alicyclic amines) is 1. The lowest BCUT2D eigenvalue weighted by molar-refractivity contribution is 0.319. The van der Waals surface area contributed by atoms with Crippen LogP contribution in [0.5, 0.6) is 0 Å². The molecule has 166 valence electrons. The highest BCUT2D eigenvalue weighted by molar-refractivity contribution is 5.96. The lowest BCUT2D eigenvalue weighted by Gasteiger charge is -2.33. The molecule has 0 aromatic heterocycles. The minimum Gasteiger partial charge on any atom is -0.357 e. The summed E-state index contributed by atoms with van der Waals surface area (Å²) < 4.78 is 0. The van der Waals surface area contributed by atoms with Gasteiger partial charge in [-0.3, -0.25) is 5.41 Å². The molecule has 3 unspecified atom stereocenters. The van der Waals surface area contributed by atoms with Gasteiger partial charge in [0.05, 0.1) is 0 Å². The highest BCUT2D eigenvalue weighted by Crippen LogP contribution is 2.35. The third-order valence-electron chi connectivity index (χ3n) is 7.53. The summed E-state index contributed by atoms with van der Waals surface area (Å²) in [5.41, 5.74) is 3.90.